The summed E-state index contributed by atoms with van der Waals surface area (Å²) in [5, 5.41) is 0. The summed E-state index contributed by atoms with van der Waals surface area (Å²) >= 11 is 0. The van der Waals surface area contributed by atoms with E-state index >= 15 is 0 Å². The smallest absolute Gasteiger partial charge is 0.335 e. The topological polar surface area (TPSA) is 53.5 Å². The van der Waals surface area contributed by atoms with Crippen LogP contribution in [0.25, 0.3) is 5.53 Å². The second-order valence-electron chi connectivity index (χ2n) is 2.72. The monoisotopic (exact) mass is 122 g/mol. The molecule has 0 spiro atoms. The van der Waals surface area contributed by atoms with Crippen LogP contribution in [0.2, 0.25) is 0 Å². The second kappa shape index (κ2) is 1.31. The predicted octanol–water partition coefficient (Wildman–Crippen LogP) is 0.266. The van der Waals surface area contributed by atoms with E-state index in [1.54, 1.807) is 0 Å². The Balaban J connectivity index is 2.36. The number of ketones is 1. The molecule has 9 heavy (non-hydrogen) atoms. The molecule has 0 aromatic rings. The van der Waals surface area contributed by atoms with E-state index in [-0.39, 0.29) is 11.7 Å². The van der Waals surface area contributed by atoms with Gasteiger partial charge in [-0.1, -0.05) is 0 Å². The van der Waals surface area contributed by atoms with Gasteiger partial charge in [0, 0.05) is 5.92 Å². The van der Waals surface area contributed by atoms with E-state index in [9.17, 15) is 4.79 Å². The minimum atomic E-state index is 0.0718. The Morgan fingerprint density at radius 2 is 2.44 bits per heavy atom. The summed E-state index contributed by atoms with van der Waals surface area (Å²) in [6, 6.07) is 0. The molecule has 2 aliphatic rings. The summed E-state index contributed by atoms with van der Waals surface area (Å²) < 4.78 is 0. The molecule has 0 aromatic carbocycles. The molecule has 2 aliphatic carbocycles. The van der Waals surface area contributed by atoms with Crippen molar-refractivity contribution in [1.82, 2.24) is 0 Å². The number of Topliss-reactive ketones (excluding diaryl/α,β-unsaturated/α-hetero) is 1. The number of rotatable bonds is 0. The van der Waals surface area contributed by atoms with Crippen LogP contribution < -0.4 is 0 Å². The third-order valence-corrected chi connectivity index (χ3v) is 2.12. The van der Waals surface area contributed by atoms with Crippen molar-refractivity contribution < 1.29 is 9.58 Å². The Bertz CT molecular complexity index is 227. The molecule has 0 saturated heterocycles. The number of carbonyl (C=O) groups excluding carboxylic acids is 1. The first-order chi connectivity index (χ1) is 4.33. The van der Waals surface area contributed by atoms with E-state index in [0.29, 0.717) is 18.1 Å². The van der Waals surface area contributed by atoms with Crippen molar-refractivity contribution in [3.63, 3.8) is 0 Å². The molecule has 0 unspecified atom stereocenters. The lowest BCUT2D eigenvalue weighted by Crippen LogP contribution is -2.10. The molecular weight excluding hydrogens is 116 g/mol. The minimum Gasteiger partial charge on any atom is -0.361 e. The van der Waals surface area contributed by atoms with Crippen molar-refractivity contribution in [2.24, 2.45) is 11.8 Å². The Kier molecular flexibility index (Phi) is 0.710. The van der Waals surface area contributed by atoms with Crippen LogP contribution in [0.1, 0.15) is 12.8 Å². The summed E-state index contributed by atoms with van der Waals surface area (Å²) in [7, 11) is 0. The van der Waals surface area contributed by atoms with Crippen LogP contribution in [0, 0.1) is 11.8 Å². The van der Waals surface area contributed by atoms with Gasteiger partial charge >= 0.3 is 5.71 Å². The standard InChI is InChI=1S/C6H6N2O/c7-8-5-2-3-1-4(3)6(5)9/h3-4H,1-2H2/t3-,4-/m1/s1. The average molecular weight is 122 g/mol. The molecule has 0 bridgehead atoms. The Labute approximate surface area is 52.3 Å². The molecule has 46 valence electrons. The van der Waals surface area contributed by atoms with Gasteiger partial charge in [0.2, 0.25) is 5.78 Å². The number of fused-ring (bicyclic) bond motifs is 1. The molecule has 0 aliphatic heterocycles. The van der Waals surface area contributed by atoms with Crippen LogP contribution in [0.15, 0.2) is 0 Å². The minimum absolute atomic E-state index is 0.0718. The molecule has 0 radical (unpaired) electrons. The zero-order valence-electron chi connectivity index (χ0n) is 4.87. The highest BCUT2D eigenvalue weighted by Gasteiger charge is 2.55. The fraction of sp³-hybridized carbons (Fsp3) is 0.667. The highest BCUT2D eigenvalue weighted by atomic mass is 16.1. The zero-order valence-corrected chi connectivity index (χ0v) is 4.87. The van der Waals surface area contributed by atoms with Crippen LogP contribution in [0.5, 0.6) is 0 Å². The molecule has 0 amide bonds. The van der Waals surface area contributed by atoms with Gasteiger partial charge in [0.05, 0.1) is 6.42 Å². The van der Waals surface area contributed by atoms with Crippen molar-refractivity contribution in [2.75, 3.05) is 0 Å². The van der Waals surface area contributed by atoms with Gasteiger partial charge in [0.25, 0.3) is 0 Å². The molecular formula is C6H6N2O. The molecule has 0 heterocycles. The Hall–Kier alpha value is -0.950. The third kappa shape index (κ3) is 0.495. The van der Waals surface area contributed by atoms with Crippen molar-refractivity contribution in [3.05, 3.63) is 5.53 Å². The Morgan fingerprint density at radius 1 is 1.67 bits per heavy atom. The summed E-state index contributed by atoms with van der Waals surface area (Å²) in [5.41, 5.74) is 8.63. The van der Waals surface area contributed by atoms with Gasteiger partial charge in [0.1, 0.15) is 0 Å². The predicted molar refractivity (Wildman–Crippen MR) is 29.8 cm³/mol. The van der Waals surface area contributed by atoms with Crippen molar-refractivity contribution >= 4 is 11.5 Å². The molecule has 2 saturated carbocycles. The molecule has 2 rings (SSSR count). The second-order valence-corrected chi connectivity index (χ2v) is 2.72. The van der Waals surface area contributed by atoms with Crippen LogP contribution >= 0.6 is 0 Å². The molecule has 0 aromatic heterocycles. The fourth-order valence-electron chi connectivity index (χ4n) is 1.45. The summed E-state index contributed by atoms with van der Waals surface area (Å²) in [6.45, 7) is 0. The van der Waals surface area contributed by atoms with E-state index in [0.717, 1.165) is 6.42 Å². The van der Waals surface area contributed by atoms with Gasteiger partial charge in [-0.2, -0.15) is 4.79 Å². The van der Waals surface area contributed by atoms with Gasteiger partial charge in [0.15, 0.2) is 0 Å². The molecule has 3 nitrogen and oxygen atoms in total. The van der Waals surface area contributed by atoms with Crippen molar-refractivity contribution in [3.8, 4) is 0 Å². The van der Waals surface area contributed by atoms with Gasteiger partial charge in [-0.3, -0.25) is 4.79 Å². The van der Waals surface area contributed by atoms with E-state index in [1.807, 2.05) is 0 Å². The molecule has 2 fully saturated rings. The first-order valence-corrected chi connectivity index (χ1v) is 3.08. The highest BCUT2D eigenvalue weighted by molar-refractivity contribution is 6.41. The number of nitrogens with zero attached hydrogens (tertiary/aromatic N) is 2. The number of hydrogen-bond acceptors (Lipinski definition) is 1. The van der Waals surface area contributed by atoms with Gasteiger partial charge in [-0.05, 0) is 12.3 Å². The lowest BCUT2D eigenvalue weighted by atomic mass is 10.2. The molecule has 0 N–H and O–H groups in total. The zero-order chi connectivity index (χ0) is 6.43. The first-order valence-electron chi connectivity index (χ1n) is 3.08. The molecule has 2 atom stereocenters. The van der Waals surface area contributed by atoms with E-state index in [2.05, 4.69) is 4.79 Å². The summed E-state index contributed by atoms with van der Waals surface area (Å²) in [6.07, 6.45) is 1.73. The lowest BCUT2D eigenvalue weighted by Gasteiger charge is -1.79. The van der Waals surface area contributed by atoms with E-state index in [1.165, 1.54) is 0 Å². The first kappa shape index (κ1) is 4.89. The van der Waals surface area contributed by atoms with Gasteiger partial charge < -0.3 is 5.53 Å². The lowest BCUT2D eigenvalue weighted by molar-refractivity contribution is -0.117. The SMILES string of the molecule is [N-]=[N+]=C1C[C@H]2C[C@H]2C1=O. The van der Waals surface area contributed by atoms with Gasteiger partial charge in [-0.25, -0.2) is 0 Å². The fourth-order valence-corrected chi connectivity index (χ4v) is 1.45. The maximum Gasteiger partial charge on any atom is 0.335 e. The Morgan fingerprint density at radius 3 is 2.78 bits per heavy atom. The van der Waals surface area contributed by atoms with Crippen molar-refractivity contribution in [1.29, 1.82) is 0 Å². The van der Waals surface area contributed by atoms with Crippen LogP contribution in [-0.4, -0.2) is 16.3 Å². The quantitative estimate of drug-likeness (QED) is 0.336. The number of carbonyl (C=O) groups is 1. The van der Waals surface area contributed by atoms with Crippen LogP contribution in [0.4, 0.5) is 0 Å². The molecule has 3 heteroatoms. The maximum atomic E-state index is 10.9. The van der Waals surface area contributed by atoms with E-state index in [4.69, 9.17) is 5.53 Å². The van der Waals surface area contributed by atoms with Crippen LogP contribution in [-0.2, 0) is 4.79 Å². The summed E-state index contributed by atoms with van der Waals surface area (Å²) in [5.74, 6) is 0.835. The summed E-state index contributed by atoms with van der Waals surface area (Å²) in [4.78, 5) is 13.8. The van der Waals surface area contributed by atoms with Gasteiger partial charge in [-0.15, -0.1) is 0 Å². The maximum absolute atomic E-state index is 10.9. The van der Waals surface area contributed by atoms with Crippen LogP contribution in [0.3, 0.4) is 0 Å². The van der Waals surface area contributed by atoms with Crippen molar-refractivity contribution in [2.45, 2.75) is 12.8 Å². The highest BCUT2D eigenvalue weighted by Crippen LogP contribution is 2.47. The average Bonchev–Trinajstić information content (AvgIpc) is 2.55. The normalized spacial score (nSPS) is 38.2. The number of hydrogen-bond donors (Lipinski definition) is 0. The van der Waals surface area contributed by atoms with E-state index < -0.39 is 0 Å². The largest absolute Gasteiger partial charge is 0.361 e. The third-order valence-electron chi connectivity index (χ3n) is 2.12.